The standard InChI is InChI=1S/C33H24N4O/c1-3-9-22(10-4-1)31-35-32(23-11-5-2-6-12-23)37-33(36-31)27-14-7-15-30-28(27)20-26-19-24(16-17-29(26)38-30)25-13-8-18-34-21-25/h1-7,9-12,14-19,21H,8,13,20H2. The molecule has 182 valence electrons. The Balaban J connectivity index is 1.34. The third kappa shape index (κ3) is 4.18. The Morgan fingerprint density at radius 2 is 1.32 bits per heavy atom. The molecule has 0 bridgehead atoms. The second kappa shape index (κ2) is 9.52. The molecule has 7 rings (SSSR count). The van der Waals surface area contributed by atoms with E-state index in [0.29, 0.717) is 17.5 Å². The largest absolute Gasteiger partial charge is 0.457 e. The van der Waals surface area contributed by atoms with E-state index in [1.165, 1.54) is 11.1 Å². The lowest BCUT2D eigenvalue weighted by molar-refractivity contribution is 0.460. The molecule has 5 heteroatoms. The SMILES string of the molecule is C1=NC=C(c2ccc3c(c2)Cc2c(cccc2-c2nc(-c4ccccc4)nc(-c4ccccc4)n2)O3)CC1. The minimum atomic E-state index is 0.641. The lowest BCUT2D eigenvalue weighted by Gasteiger charge is -2.23. The number of fused-ring (bicyclic) bond motifs is 2. The first-order valence-corrected chi connectivity index (χ1v) is 12.8. The molecule has 0 N–H and O–H groups in total. The van der Waals surface area contributed by atoms with Gasteiger partial charge in [0.15, 0.2) is 17.5 Å². The van der Waals surface area contributed by atoms with Gasteiger partial charge in [0.25, 0.3) is 0 Å². The number of aliphatic imine (C=N–C) groups is 1. The molecule has 2 aliphatic rings. The summed E-state index contributed by atoms with van der Waals surface area (Å²) >= 11 is 0. The number of benzene rings is 4. The van der Waals surface area contributed by atoms with E-state index in [1.807, 2.05) is 85.2 Å². The van der Waals surface area contributed by atoms with Gasteiger partial charge in [0.1, 0.15) is 11.5 Å². The average Bonchev–Trinajstić information content (AvgIpc) is 3.00. The number of rotatable bonds is 4. The molecule has 1 aromatic heterocycles. The van der Waals surface area contributed by atoms with Gasteiger partial charge < -0.3 is 4.74 Å². The van der Waals surface area contributed by atoms with Crippen molar-refractivity contribution in [3.8, 4) is 45.7 Å². The van der Waals surface area contributed by atoms with Crippen LogP contribution in [0.5, 0.6) is 11.5 Å². The van der Waals surface area contributed by atoms with E-state index in [2.05, 4.69) is 29.3 Å². The normalized spacial score (nSPS) is 13.7. The second-order valence-corrected chi connectivity index (χ2v) is 9.45. The van der Waals surface area contributed by atoms with E-state index in [1.54, 1.807) is 0 Å². The van der Waals surface area contributed by atoms with Gasteiger partial charge in [-0.15, -0.1) is 0 Å². The second-order valence-electron chi connectivity index (χ2n) is 9.45. The highest BCUT2D eigenvalue weighted by Gasteiger charge is 2.23. The van der Waals surface area contributed by atoms with Crippen molar-refractivity contribution in [2.24, 2.45) is 4.99 Å². The molecule has 0 saturated carbocycles. The van der Waals surface area contributed by atoms with Crippen molar-refractivity contribution in [3.63, 3.8) is 0 Å². The maximum atomic E-state index is 6.39. The summed E-state index contributed by atoms with van der Waals surface area (Å²) in [6, 6.07) is 32.6. The summed E-state index contributed by atoms with van der Waals surface area (Å²) in [6.45, 7) is 0. The molecule has 5 nitrogen and oxygen atoms in total. The third-order valence-electron chi connectivity index (χ3n) is 6.97. The summed E-state index contributed by atoms with van der Waals surface area (Å²) in [7, 11) is 0. The van der Waals surface area contributed by atoms with Crippen LogP contribution in [0.3, 0.4) is 0 Å². The van der Waals surface area contributed by atoms with Crippen LogP contribution in [-0.2, 0) is 6.42 Å². The summed E-state index contributed by atoms with van der Waals surface area (Å²) in [5, 5.41) is 0. The van der Waals surface area contributed by atoms with Crippen LogP contribution in [0.4, 0.5) is 0 Å². The number of hydrogen-bond donors (Lipinski definition) is 0. The van der Waals surface area contributed by atoms with Crippen molar-refractivity contribution < 1.29 is 4.74 Å². The highest BCUT2D eigenvalue weighted by molar-refractivity contribution is 5.76. The van der Waals surface area contributed by atoms with E-state index in [4.69, 9.17) is 19.7 Å². The number of ether oxygens (including phenoxy) is 1. The number of aromatic nitrogens is 3. The molecule has 0 atom stereocenters. The van der Waals surface area contributed by atoms with Gasteiger partial charge in [0.05, 0.1) is 0 Å². The van der Waals surface area contributed by atoms with Crippen LogP contribution in [-0.4, -0.2) is 21.2 Å². The van der Waals surface area contributed by atoms with E-state index >= 15 is 0 Å². The zero-order valence-corrected chi connectivity index (χ0v) is 20.7. The van der Waals surface area contributed by atoms with Gasteiger partial charge in [0, 0.05) is 41.1 Å². The first-order valence-electron chi connectivity index (χ1n) is 12.8. The van der Waals surface area contributed by atoms with Gasteiger partial charge in [-0.3, -0.25) is 4.99 Å². The zero-order chi connectivity index (χ0) is 25.3. The van der Waals surface area contributed by atoms with E-state index < -0.39 is 0 Å². The van der Waals surface area contributed by atoms with Gasteiger partial charge in [-0.1, -0.05) is 78.9 Å². The first-order chi connectivity index (χ1) is 18.8. The fraction of sp³-hybridized carbons (Fsp3) is 0.0909. The molecule has 2 aliphatic heterocycles. The van der Waals surface area contributed by atoms with Crippen LogP contribution < -0.4 is 4.74 Å². The fourth-order valence-electron chi connectivity index (χ4n) is 5.03. The number of allylic oxidation sites excluding steroid dienone is 1. The summed E-state index contributed by atoms with van der Waals surface area (Å²) in [6.07, 6.45) is 6.64. The first kappa shape index (κ1) is 22.3. The maximum absolute atomic E-state index is 6.39. The molecule has 0 spiro atoms. The lowest BCUT2D eigenvalue weighted by Crippen LogP contribution is -2.07. The van der Waals surface area contributed by atoms with E-state index in [-0.39, 0.29) is 0 Å². The predicted molar refractivity (Wildman–Crippen MR) is 151 cm³/mol. The van der Waals surface area contributed by atoms with Crippen molar-refractivity contribution in [2.45, 2.75) is 19.3 Å². The molecular weight excluding hydrogens is 468 g/mol. The molecule has 0 radical (unpaired) electrons. The number of nitrogens with zero attached hydrogens (tertiary/aromatic N) is 4. The van der Waals surface area contributed by atoms with E-state index in [0.717, 1.165) is 58.6 Å². The molecular formula is C33H24N4O. The van der Waals surface area contributed by atoms with Crippen molar-refractivity contribution in [1.82, 2.24) is 15.0 Å². The molecule has 0 amide bonds. The topological polar surface area (TPSA) is 60.3 Å². The van der Waals surface area contributed by atoms with Gasteiger partial charge in [-0.25, -0.2) is 15.0 Å². The molecule has 3 heterocycles. The van der Waals surface area contributed by atoms with Crippen molar-refractivity contribution in [3.05, 3.63) is 120 Å². The lowest BCUT2D eigenvalue weighted by atomic mass is 9.92. The Kier molecular flexibility index (Phi) is 5.59. The fourth-order valence-corrected chi connectivity index (χ4v) is 5.03. The zero-order valence-electron chi connectivity index (χ0n) is 20.7. The Hall–Kier alpha value is -4.90. The molecule has 4 aromatic carbocycles. The smallest absolute Gasteiger partial charge is 0.164 e. The van der Waals surface area contributed by atoms with Gasteiger partial charge in [-0.2, -0.15) is 0 Å². The summed E-state index contributed by atoms with van der Waals surface area (Å²) in [5.74, 6) is 3.67. The molecule has 0 aliphatic carbocycles. The van der Waals surface area contributed by atoms with Crippen molar-refractivity contribution in [2.75, 3.05) is 0 Å². The van der Waals surface area contributed by atoms with Gasteiger partial charge in [-0.05, 0) is 47.7 Å². The number of hydrogen-bond acceptors (Lipinski definition) is 5. The predicted octanol–water partition coefficient (Wildman–Crippen LogP) is 7.77. The van der Waals surface area contributed by atoms with Crippen LogP contribution in [0, 0.1) is 0 Å². The van der Waals surface area contributed by atoms with Crippen LogP contribution in [0.2, 0.25) is 0 Å². The molecule has 0 unspecified atom stereocenters. The molecule has 38 heavy (non-hydrogen) atoms. The van der Waals surface area contributed by atoms with Gasteiger partial charge in [0.2, 0.25) is 0 Å². The Morgan fingerprint density at radius 1 is 0.605 bits per heavy atom. The highest BCUT2D eigenvalue weighted by atomic mass is 16.5. The van der Waals surface area contributed by atoms with Crippen LogP contribution >= 0.6 is 0 Å². The van der Waals surface area contributed by atoms with Gasteiger partial charge >= 0.3 is 0 Å². The van der Waals surface area contributed by atoms with Crippen molar-refractivity contribution >= 4 is 11.8 Å². The summed E-state index contributed by atoms with van der Waals surface area (Å²) < 4.78 is 6.39. The molecule has 5 aromatic rings. The Labute approximate surface area is 221 Å². The summed E-state index contributed by atoms with van der Waals surface area (Å²) in [5.41, 5.74) is 7.54. The minimum absolute atomic E-state index is 0.641. The third-order valence-corrected chi connectivity index (χ3v) is 6.97. The Bertz CT molecular complexity index is 1650. The van der Waals surface area contributed by atoms with Crippen molar-refractivity contribution in [1.29, 1.82) is 0 Å². The molecule has 0 fully saturated rings. The quantitative estimate of drug-likeness (QED) is 0.252. The van der Waals surface area contributed by atoms with Crippen LogP contribution in [0.1, 0.15) is 29.5 Å². The van der Waals surface area contributed by atoms with Crippen LogP contribution in [0.15, 0.2) is 108 Å². The maximum Gasteiger partial charge on any atom is 0.164 e. The summed E-state index contributed by atoms with van der Waals surface area (Å²) in [4.78, 5) is 19.1. The Morgan fingerprint density at radius 3 is 2.00 bits per heavy atom. The minimum Gasteiger partial charge on any atom is -0.457 e. The average molecular weight is 493 g/mol. The highest BCUT2D eigenvalue weighted by Crippen LogP contribution is 2.42. The molecule has 0 saturated heterocycles. The van der Waals surface area contributed by atoms with E-state index in [9.17, 15) is 0 Å². The van der Waals surface area contributed by atoms with Crippen LogP contribution in [0.25, 0.3) is 39.7 Å². The monoisotopic (exact) mass is 492 g/mol.